The summed E-state index contributed by atoms with van der Waals surface area (Å²) >= 11 is 4.24. The van der Waals surface area contributed by atoms with Crippen molar-refractivity contribution >= 4 is 37.2 Å². The molecule has 0 amide bonds. The first-order chi connectivity index (χ1) is 15.6. The molecule has 0 N–H and O–H groups in total. The summed E-state index contributed by atoms with van der Waals surface area (Å²) in [5, 5.41) is 0. The van der Waals surface area contributed by atoms with Gasteiger partial charge in [0.05, 0.1) is 0 Å². The lowest BCUT2D eigenvalue weighted by atomic mass is 9.32. The summed E-state index contributed by atoms with van der Waals surface area (Å²) < 4.78 is 0. The van der Waals surface area contributed by atoms with Crippen LogP contribution in [0, 0.1) is 62.1 Å². The fourth-order valence-electron chi connectivity index (χ4n) is 11.1. The topological polar surface area (TPSA) is 0 Å². The molecular weight excluding hydrogens is 638 g/mol. The van der Waals surface area contributed by atoms with Gasteiger partial charge in [-0.25, -0.2) is 0 Å². The molecule has 0 aromatic rings. The first-order valence-electron chi connectivity index (χ1n) is 14.5. The van der Waals surface area contributed by atoms with Crippen LogP contribution in [0.2, 0.25) is 0 Å². The molecule has 196 valence electrons. The van der Waals surface area contributed by atoms with Crippen molar-refractivity contribution in [3.8, 4) is 0 Å². The van der Waals surface area contributed by atoms with Crippen molar-refractivity contribution < 1.29 is 0 Å². The summed E-state index contributed by atoms with van der Waals surface area (Å²) in [6.07, 6.45) is 15.8. The summed E-state index contributed by atoms with van der Waals surface area (Å²) in [6.45, 7) is 26.5. The highest BCUT2D eigenvalue weighted by Gasteiger charge is 2.68. The lowest BCUT2D eigenvalue weighted by Crippen LogP contribution is -2.65. The maximum Gasteiger partial charge on any atom is 0 e. The standard InChI is InChI=1S/C32H54.I2/c1-21-13-15-29(7)18-20-31(9)23(26(29)22(21)2)11-12-25-30(8)19-17-27(3,4)28(5,6)24(30)14-16-32(25,31)10;1-2/h11,21-22,24-26H,12-20H2,1-10H3;. The maximum absolute atomic E-state index is 2.86. The van der Waals surface area contributed by atoms with Crippen LogP contribution in [-0.2, 0) is 0 Å². The number of fused-ring (bicyclic) bond motifs is 7. The van der Waals surface area contributed by atoms with Crippen molar-refractivity contribution in [1.82, 2.24) is 0 Å². The van der Waals surface area contributed by atoms with Crippen LogP contribution in [0.3, 0.4) is 0 Å². The molecule has 2 heteroatoms. The lowest BCUT2D eigenvalue weighted by molar-refractivity contribution is -0.207. The van der Waals surface area contributed by atoms with Gasteiger partial charge in [-0.2, -0.15) is 0 Å². The van der Waals surface area contributed by atoms with E-state index in [0.29, 0.717) is 32.5 Å². The largest absolute Gasteiger partial charge is 0.0841 e. The van der Waals surface area contributed by atoms with E-state index in [4.69, 9.17) is 0 Å². The van der Waals surface area contributed by atoms with E-state index in [2.05, 4.69) is 113 Å². The monoisotopic (exact) mass is 692 g/mol. The van der Waals surface area contributed by atoms with Gasteiger partial charge in [0.2, 0.25) is 0 Å². The van der Waals surface area contributed by atoms with Gasteiger partial charge in [0.25, 0.3) is 0 Å². The molecule has 5 rings (SSSR count). The van der Waals surface area contributed by atoms with Crippen LogP contribution in [0.1, 0.15) is 127 Å². The summed E-state index contributed by atoms with van der Waals surface area (Å²) in [4.78, 5) is 0. The average Bonchev–Trinajstić information content (AvgIpc) is 2.77. The Morgan fingerprint density at radius 1 is 0.735 bits per heavy atom. The van der Waals surface area contributed by atoms with Crippen molar-refractivity contribution in [1.29, 1.82) is 0 Å². The molecular formula is C32H54I2. The minimum atomic E-state index is 0.413. The number of halogens is 2. The van der Waals surface area contributed by atoms with E-state index in [0.717, 1.165) is 29.6 Å². The molecule has 9 unspecified atom stereocenters. The van der Waals surface area contributed by atoms with Crippen molar-refractivity contribution in [2.24, 2.45) is 62.1 Å². The second-order valence-corrected chi connectivity index (χ2v) is 15.9. The summed E-state index contributed by atoms with van der Waals surface area (Å²) in [5.41, 5.74) is 4.77. The predicted molar refractivity (Wildman–Crippen MR) is 166 cm³/mol. The lowest BCUT2D eigenvalue weighted by Gasteiger charge is -2.72. The SMILES string of the molecule is CC1CCC2(C)CCC3(C)C(=CCC4C5(C)CCC(C)(C)C(C)(C)C5CCC43C)C2C1C.II. The van der Waals surface area contributed by atoms with Gasteiger partial charge in [0.15, 0.2) is 0 Å². The predicted octanol–water partition coefficient (Wildman–Crippen LogP) is 11.5. The third-order valence-corrected chi connectivity index (χ3v) is 14.6. The first kappa shape index (κ1) is 28.2. The number of allylic oxidation sites excluding steroid dienone is 2. The van der Waals surface area contributed by atoms with Crippen molar-refractivity contribution in [2.45, 2.75) is 127 Å². The molecule has 4 saturated carbocycles. The Hall–Kier alpha value is 1.20. The molecule has 0 spiro atoms. The maximum atomic E-state index is 2.86. The Balaban J connectivity index is 0.00000133. The number of rotatable bonds is 0. The molecule has 0 radical (unpaired) electrons. The molecule has 4 fully saturated rings. The van der Waals surface area contributed by atoms with E-state index in [1.807, 2.05) is 5.57 Å². The van der Waals surface area contributed by atoms with Crippen LogP contribution in [-0.4, -0.2) is 0 Å². The van der Waals surface area contributed by atoms with Crippen LogP contribution in [0.4, 0.5) is 0 Å². The molecule has 34 heavy (non-hydrogen) atoms. The fourth-order valence-corrected chi connectivity index (χ4v) is 11.1. The highest BCUT2D eigenvalue weighted by molar-refractivity contribution is 15.0. The number of hydrogen-bond donors (Lipinski definition) is 0. The Bertz CT molecular complexity index is 825. The zero-order chi connectivity index (χ0) is 25.5. The van der Waals surface area contributed by atoms with E-state index >= 15 is 0 Å². The third-order valence-electron chi connectivity index (χ3n) is 14.6. The third kappa shape index (κ3) is 3.57. The Morgan fingerprint density at radius 3 is 2.03 bits per heavy atom. The van der Waals surface area contributed by atoms with Gasteiger partial charge in [-0.05, 0) is 120 Å². The van der Waals surface area contributed by atoms with Gasteiger partial charge in [0.1, 0.15) is 0 Å². The summed E-state index contributed by atoms with van der Waals surface area (Å²) in [5.74, 6) is 4.30. The van der Waals surface area contributed by atoms with Gasteiger partial charge < -0.3 is 0 Å². The van der Waals surface area contributed by atoms with Crippen LogP contribution < -0.4 is 0 Å². The summed E-state index contributed by atoms with van der Waals surface area (Å²) in [6, 6.07) is 0. The van der Waals surface area contributed by atoms with Gasteiger partial charge in [-0.1, -0.05) is 80.9 Å². The highest BCUT2D eigenvalue weighted by atomic mass is 128. The quantitative estimate of drug-likeness (QED) is 0.175. The Labute approximate surface area is 236 Å². The molecule has 0 heterocycles. The minimum absolute atomic E-state index is 0.413. The van der Waals surface area contributed by atoms with E-state index in [1.165, 1.54) is 57.8 Å². The minimum Gasteiger partial charge on any atom is -0.0841 e. The van der Waals surface area contributed by atoms with Gasteiger partial charge in [-0.3, -0.25) is 0 Å². The Morgan fingerprint density at radius 2 is 1.38 bits per heavy atom. The molecule has 0 aromatic heterocycles. The van der Waals surface area contributed by atoms with Crippen LogP contribution in [0.25, 0.3) is 0 Å². The molecule has 0 bridgehead atoms. The van der Waals surface area contributed by atoms with Crippen molar-refractivity contribution in [3.05, 3.63) is 11.6 Å². The average molecular weight is 693 g/mol. The number of hydrogen-bond acceptors (Lipinski definition) is 0. The normalized spacial score (nSPS) is 53.1. The van der Waals surface area contributed by atoms with Gasteiger partial charge in [-0.15, -0.1) is 0 Å². The van der Waals surface area contributed by atoms with E-state index < -0.39 is 0 Å². The second-order valence-electron chi connectivity index (χ2n) is 15.9. The molecule has 0 nitrogen and oxygen atoms in total. The zero-order valence-electron chi connectivity index (χ0n) is 24.1. The zero-order valence-corrected chi connectivity index (χ0v) is 28.4. The first-order valence-corrected chi connectivity index (χ1v) is 20.8. The molecule has 9 atom stereocenters. The highest BCUT2D eigenvalue weighted by Crippen LogP contribution is 2.77. The van der Waals surface area contributed by atoms with Gasteiger partial charge in [0, 0.05) is 37.2 Å². The van der Waals surface area contributed by atoms with E-state index in [1.54, 1.807) is 0 Å². The van der Waals surface area contributed by atoms with Crippen LogP contribution >= 0.6 is 37.2 Å². The van der Waals surface area contributed by atoms with Crippen LogP contribution in [0.15, 0.2) is 11.6 Å². The molecule has 0 saturated heterocycles. The Kier molecular flexibility index (Phi) is 7.36. The van der Waals surface area contributed by atoms with E-state index in [-0.39, 0.29) is 0 Å². The van der Waals surface area contributed by atoms with Crippen LogP contribution in [0.5, 0.6) is 0 Å². The van der Waals surface area contributed by atoms with Gasteiger partial charge >= 0.3 is 0 Å². The second kappa shape index (κ2) is 8.87. The molecule has 5 aliphatic carbocycles. The van der Waals surface area contributed by atoms with Crippen molar-refractivity contribution in [3.63, 3.8) is 0 Å². The molecule has 0 aromatic carbocycles. The molecule has 5 aliphatic rings. The smallest absolute Gasteiger partial charge is 0 e. The fraction of sp³-hybridized carbons (Fsp3) is 0.938. The summed E-state index contributed by atoms with van der Waals surface area (Å²) in [7, 11) is 0. The van der Waals surface area contributed by atoms with Crippen molar-refractivity contribution in [2.75, 3.05) is 0 Å². The molecule has 0 aliphatic heterocycles. The van der Waals surface area contributed by atoms with E-state index in [9.17, 15) is 0 Å².